The van der Waals surface area contributed by atoms with E-state index in [4.69, 9.17) is 19.6 Å². The van der Waals surface area contributed by atoms with E-state index in [1.54, 1.807) is 60.1 Å². The Labute approximate surface area is 229 Å². The highest BCUT2D eigenvalue weighted by Gasteiger charge is 2.46. The lowest BCUT2D eigenvalue weighted by atomic mass is 9.89. The standard InChI is InChI=1S/C29H29F2N5O4/c1-4-17(15-32-16(2)29(38)9-12-39-13-10-29)20-8-11-36-26(33-20)24-19-14-21(25(24)34-36)35(3)27(37)18-6-5-7-22(23(18)19)40-28(30)31/h4-8,11,15,19,21,28,38H,1,9-10,12-14H2,2-3H3/b17-15+,32-16?. The number of nitrogens with zero attached hydrogens (tertiary/aromatic N) is 5. The Balaban J connectivity index is 1.46. The fraction of sp³-hybridized carbons (Fsp3) is 0.379. The van der Waals surface area contributed by atoms with Crippen LogP contribution in [0, 0.1) is 0 Å². The Morgan fingerprint density at radius 1 is 1.30 bits per heavy atom. The van der Waals surface area contributed by atoms with E-state index < -0.39 is 18.1 Å². The van der Waals surface area contributed by atoms with Gasteiger partial charge in [0.05, 0.1) is 17.4 Å². The van der Waals surface area contributed by atoms with Crippen LogP contribution in [-0.4, -0.2) is 68.7 Å². The van der Waals surface area contributed by atoms with E-state index in [-0.39, 0.29) is 17.7 Å². The molecule has 1 aliphatic carbocycles. The van der Waals surface area contributed by atoms with Gasteiger partial charge in [-0.3, -0.25) is 9.79 Å². The third kappa shape index (κ3) is 4.20. The Hall–Kier alpha value is -3.96. The molecule has 11 heteroatoms. The van der Waals surface area contributed by atoms with Crippen LogP contribution in [0.25, 0.3) is 11.2 Å². The minimum Gasteiger partial charge on any atom is -0.434 e. The third-order valence-electron chi connectivity index (χ3n) is 8.23. The summed E-state index contributed by atoms with van der Waals surface area (Å²) in [5.74, 6) is -0.709. The van der Waals surface area contributed by atoms with E-state index >= 15 is 0 Å². The smallest absolute Gasteiger partial charge is 0.387 e. The van der Waals surface area contributed by atoms with E-state index in [2.05, 4.69) is 11.6 Å². The number of halogens is 2. The van der Waals surface area contributed by atoms with Gasteiger partial charge >= 0.3 is 6.61 Å². The van der Waals surface area contributed by atoms with E-state index in [0.717, 1.165) is 5.56 Å². The van der Waals surface area contributed by atoms with Crippen molar-refractivity contribution < 1.29 is 28.2 Å². The Kier molecular flexibility index (Phi) is 6.50. The van der Waals surface area contributed by atoms with Crippen molar-refractivity contribution >= 4 is 22.8 Å². The van der Waals surface area contributed by atoms with Gasteiger partial charge in [-0.1, -0.05) is 18.7 Å². The highest BCUT2D eigenvalue weighted by Crippen LogP contribution is 2.53. The van der Waals surface area contributed by atoms with Gasteiger partial charge in [0.15, 0.2) is 5.65 Å². The summed E-state index contributed by atoms with van der Waals surface area (Å²) in [7, 11) is 1.70. The lowest BCUT2D eigenvalue weighted by Gasteiger charge is -2.31. The fourth-order valence-electron chi connectivity index (χ4n) is 5.96. The highest BCUT2D eigenvalue weighted by atomic mass is 19.3. The molecule has 2 unspecified atom stereocenters. The normalized spacial score (nSPS) is 22.4. The average Bonchev–Trinajstić information content (AvgIpc) is 3.46. The molecule has 0 spiro atoms. The van der Waals surface area contributed by atoms with Gasteiger partial charge in [0.2, 0.25) is 0 Å². The number of carbonyl (C=O) groups is 1. The first-order valence-electron chi connectivity index (χ1n) is 13.1. The van der Waals surface area contributed by atoms with Gasteiger partial charge in [0, 0.05) is 79.4 Å². The average molecular weight is 550 g/mol. The van der Waals surface area contributed by atoms with Crippen molar-refractivity contribution in [2.24, 2.45) is 4.99 Å². The van der Waals surface area contributed by atoms with Crippen LogP contribution in [0.15, 0.2) is 54.3 Å². The second-order valence-electron chi connectivity index (χ2n) is 10.3. The molecule has 3 aromatic rings. The minimum atomic E-state index is -3.03. The van der Waals surface area contributed by atoms with Crippen molar-refractivity contribution in [3.05, 3.63) is 77.4 Å². The zero-order chi connectivity index (χ0) is 28.2. The van der Waals surface area contributed by atoms with E-state index in [1.807, 2.05) is 0 Å². The molecule has 2 bridgehead atoms. The molecule has 1 N–H and O–H groups in total. The second kappa shape index (κ2) is 9.90. The van der Waals surface area contributed by atoms with Crippen molar-refractivity contribution in [1.82, 2.24) is 19.5 Å². The first kappa shape index (κ1) is 26.3. The number of allylic oxidation sites excluding steroid dienone is 2. The highest BCUT2D eigenvalue weighted by molar-refractivity contribution is 5.98. The molecule has 1 fully saturated rings. The molecule has 2 aliphatic heterocycles. The maximum atomic E-state index is 13.4. The van der Waals surface area contributed by atoms with Crippen LogP contribution in [0.4, 0.5) is 8.78 Å². The number of amides is 1. The van der Waals surface area contributed by atoms with Crippen LogP contribution >= 0.6 is 0 Å². The van der Waals surface area contributed by atoms with Gasteiger partial charge in [-0.05, 0) is 31.5 Å². The summed E-state index contributed by atoms with van der Waals surface area (Å²) in [6.45, 7) is 3.63. The van der Waals surface area contributed by atoms with Crippen LogP contribution < -0.4 is 4.74 Å². The maximum Gasteiger partial charge on any atom is 0.387 e. The van der Waals surface area contributed by atoms with Crippen molar-refractivity contribution in [2.45, 2.75) is 50.4 Å². The first-order valence-corrected chi connectivity index (χ1v) is 13.1. The molecule has 4 heterocycles. The molecule has 6 rings (SSSR count). The van der Waals surface area contributed by atoms with E-state index in [0.29, 0.717) is 71.9 Å². The summed E-state index contributed by atoms with van der Waals surface area (Å²) in [4.78, 5) is 24.4. The summed E-state index contributed by atoms with van der Waals surface area (Å²) in [5.41, 5.74) is 3.56. The van der Waals surface area contributed by atoms with Gasteiger partial charge in [0.1, 0.15) is 11.4 Å². The number of aromatic nitrogens is 3. The Bertz CT molecular complexity index is 1570. The monoisotopic (exact) mass is 549 g/mol. The molecule has 2 atom stereocenters. The number of hydrogen-bond acceptors (Lipinski definition) is 7. The number of fused-ring (bicyclic) bond motifs is 9. The maximum absolute atomic E-state index is 13.4. The molecule has 0 radical (unpaired) electrons. The molecule has 1 amide bonds. The molecular formula is C29H29F2N5O4. The molecule has 1 aromatic carbocycles. The fourth-order valence-corrected chi connectivity index (χ4v) is 5.96. The number of rotatable bonds is 6. The van der Waals surface area contributed by atoms with Gasteiger partial charge in [-0.25, -0.2) is 9.50 Å². The molecule has 40 heavy (non-hydrogen) atoms. The predicted octanol–water partition coefficient (Wildman–Crippen LogP) is 4.52. The largest absolute Gasteiger partial charge is 0.434 e. The summed E-state index contributed by atoms with van der Waals surface area (Å²) in [6.07, 6.45) is 6.47. The second-order valence-corrected chi connectivity index (χ2v) is 10.3. The summed E-state index contributed by atoms with van der Waals surface area (Å²) < 4.78 is 38.6. The number of benzene rings is 1. The van der Waals surface area contributed by atoms with Crippen LogP contribution in [0.3, 0.4) is 0 Å². The van der Waals surface area contributed by atoms with Crippen LogP contribution in [0.5, 0.6) is 5.75 Å². The number of ether oxygens (including phenoxy) is 2. The zero-order valence-corrected chi connectivity index (χ0v) is 22.2. The molecule has 9 nitrogen and oxygen atoms in total. The van der Waals surface area contributed by atoms with Crippen LogP contribution in [0.1, 0.15) is 71.0 Å². The van der Waals surface area contributed by atoms with Gasteiger partial charge in [-0.2, -0.15) is 13.9 Å². The summed E-state index contributed by atoms with van der Waals surface area (Å²) >= 11 is 0. The predicted molar refractivity (Wildman–Crippen MR) is 144 cm³/mol. The Morgan fingerprint density at radius 3 is 2.80 bits per heavy atom. The molecule has 208 valence electrons. The summed E-state index contributed by atoms with van der Waals surface area (Å²) in [6, 6.07) is 6.10. The third-order valence-corrected chi connectivity index (χ3v) is 8.23. The van der Waals surface area contributed by atoms with E-state index in [9.17, 15) is 18.7 Å². The number of aliphatic hydroxyl groups is 1. The zero-order valence-electron chi connectivity index (χ0n) is 22.2. The minimum absolute atomic E-state index is 0.0224. The number of alkyl halides is 2. The van der Waals surface area contributed by atoms with Crippen molar-refractivity contribution in [1.29, 1.82) is 0 Å². The number of hydrogen-bond donors (Lipinski definition) is 1. The van der Waals surface area contributed by atoms with Gasteiger partial charge in [0.25, 0.3) is 5.91 Å². The Morgan fingerprint density at radius 2 is 2.08 bits per heavy atom. The van der Waals surface area contributed by atoms with E-state index in [1.165, 1.54) is 6.07 Å². The lowest BCUT2D eigenvalue weighted by molar-refractivity contribution is -0.0506. The van der Waals surface area contributed by atoms with Crippen molar-refractivity contribution in [2.75, 3.05) is 20.3 Å². The summed E-state index contributed by atoms with van der Waals surface area (Å²) in [5, 5.41) is 15.7. The van der Waals surface area contributed by atoms with Crippen molar-refractivity contribution in [3.63, 3.8) is 0 Å². The molecule has 3 aliphatic rings. The molecule has 2 aromatic heterocycles. The number of aliphatic imine (C=N–C) groups is 1. The first-order chi connectivity index (χ1) is 19.2. The topological polar surface area (TPSA) is 102 Å². The lowest BCUT2D eigenvalue weighted by Crippen LogP contribution is -2.42. The quantitative estimate of drug-likeness (QED) is 0.358. The van der Waals surface area contributed by atoms with Crippen molar-refractivity contribution in [3.8, 4) is 5.75 Å². The molecular weight excluding hydrogens is 520 g/mol. The van der Waals surface area contributed by atoms with Crippen LogP contribution in [0.2, 0.25) is 0 Å². The SMILES string of the molecule is C=C/C(=C\N=C(C)C1(O)CCOCC1)c1ccn2nc3c(c2n1)C1CC3N(C)C(=O)c2cccc(OC(F)F)c21. The number of carbonyl (C=O) groups excluding carboxylic acids is 1. The van der Waals surface area contributed by atoms with Gasteiger partial charge in [-0.15, -0.1) is 0 Å². The van der Waals surface area contributed by atoms with Gasteiger partial charge < -0.3 is 19.5 Å². The molecule has 0 saturated carbocycles. The molecule has 1 saturated heterocycles. The van der Waals surface area contributed by atoms with Crippen LogP contribution in [-0.2, 0) is 4.74 Å².